The fourth-order valence-electron chi connectivity index (χ4n) is 2.33. The number of amides is 2. The maximum absolute atomic E-state index is 12.8. The second kappa shape index (κ2) is 8.73. The first-order valence-electron chi connectivity index (χ1n) is 7.91. The van der Waals surface area contributed by atoms with E-state index < -0.39 is 5.82 Å². The Hall–Kier alpha value is -3.02. The van der Waals surface area contributed by atoms with Gasteiger partial charge in [0.05, 0.1) is 11.3 Å². The van der Waals surface area contributed by atoms with Crippen LogP contribution in [0.5, 0.6) is 0 Å². The number of halogens is 1. The average Bonchev–Trinajstić information content (AvgIpc) is 2.62. The number of anilines is 1. The first-order chi connectivity index (χ1) is 12.0. The van der Waals surface area contributed by atoms with E-state index >= 15 is 0 Å². The minimum atomic E-state index is -0.397. The Morgan fingerprint density at radius 1 is 0.960 bits per heavy atom. The van der Waals surface area contributed by atoms with Crippen LogP contribution in [-0.2, 0) is 4.79 Å². The van der Waals surface area contributed by atoms with Crippen LogP contribution in [0.25, 0.3) is 0 Å². The molecule has 0 aromatic heterocycles. The summed E-state index contributed by atoms with van der Waals surface area (Å²) in [4.78, 5) is 35.8. The molecule has 0 heterocycles. The van der Waals surface area contributed by atoms with E-state index in [2.05, 4.69) is 10.6 Å². The number of hydrogen-bond acceptors (Lipinski definition) is 3. The number of hydrogen-bond donors (Lipinski definition) is 2. The quantitative estimate of drug-likeness (QED) is 0.759. The maximum atomic E-state index is 12.8. The molecule has 5 nitrogen and oxygen atoms in total. The number of carbonyl (C=O) groups excluding carboxylic acids is 3. The molecular weight excluding hydrogens is 323 g/mol. The summed E-state index contributed by atoms with van der Waals surface area (Å²) in [5.41, 5.74) is 1.23. The molecule has 0 fully saturated rings. The maximum Gasteiger partial charge on any atom is 0.253 e. The first-order valence-corrected chi connectivity index (χ1v) is 7.91. The molecule has 25 heavy (non-hydrogen) atoms. The summed E-state index contributed by atoms with van der Waals surface area (Å²) >= 11 is 0. The van der Waals surface area contributed by atoms with Gasteiger partial charge in [0.1, 0.15) is 5.82 Å². The Morgan fingerprint density at radius 3 is 2.32 bits per heavy atom. The second-order valence-electron chi connectivity index (χ2n) is 5.46. The lowest BCUT2D eigenvalue weighted by Gasteiger charge is -2.10. The van der Waals surface area contributed by atoms with Gasteiger partial charge in [-0.1, -0.05) is 12.1 Å². The zero-order chi connectivity index (χ0) is 18.2. The summed E-state index contributed by atoms with van der Waals surface area (Å²) in [5, 5.41) is 5.20. The third-order valence-electron chi connectivity index (χ3n) is 3.65. The highest BCUT2D eigenvalue weighted by molar-refractivity contribution is 6.03. The molecule has 0 saturated heterocycles. The minimum Gasteiger partial charge on any atom is -0.355 e. The standard InChI is InChI=1S/C19H19FN2O3/c1-21-19(25)15-5-2-3-6-16(15)22-18(24)8-4-7-17(23)13-9-11-14(20)12-10-13/h2-3,5-6,9-12H,4,7-8H2,1H3,(H,21,25)(H,22,24). The smallest absolute Gasteiger partial charge is 0.253 e. The molecule has 0 spiro atoms. The molecule has 2 amide bonds. The molecule has 0 saturated carbocycles. The highest BCUT2D eigenvalue weighted by Gasteiger charge is 2.12. The van der Waals surface area contributed by atoms with Crippen molar-refractivity contribution in [3.05, 3.63) is 65.5 Å². The van der Waals surface area contributed by atoms with Crippen LogP contribution in [0.4, 0.5) is 10.1 Å². The number of Topliss-reactive ketones (excluding diaryl/α,β-unsaturated/α-hetero) is 1. The highest BCUT2D eigenvalue weighted by atomic mass is 19.1. The molecule has 0 aliphatic rings. The molecule has 2 N–H and O–H groups in total. The summed E-state index contributed by atoms with van der Waals surface area (Å²) < 4.78 is 12.8. The topological polar surface area (TPSA) is 75.3 Å². The van der Waals surface area contributed by atoms with Crippen molar-refractivity contribution in [1.82, 2.24) is 5.32 Å². The van der Waals surface area contributed by atoms with Crippen molar-refractivity contribution in [3.8, 4) is 0 Å². The average molecular weight is 342 g/mol. The van der Waals surface area contributed by atoms with Gasteiger partial charge < -0.3 is 10.6 Å². The Kier molecular flexibility index (Phi) is 6.39. The summed E-state index contributed by atoms with van der Waals surface area (Å²) in [5.74, 6) is -1.10. The van der Waals surface area contributed by atoms with Crippen LogP contribution in [-0.4, -0.2) is 24.6 Å². The fourth-order valence-corrected chi connectivity index (χ4v) is 2.33. The number of rotatable bonds is 7. The molecule has 2 aromatic rings. The van der Waals surface area contributed by atoms with Crippen LogP contribution in [0, 0.1) is 5.82 Å². The SMILES string of the molecule is CNC(=O)c1ccccc1NC(=O)CCCC(=O)c1ccc(F)cc1. The molecule has 6 heteroatoms. The number of benzene rings is 2. The summed E-state index contributed by atoms with van der Waals surface area (Å²) in [6.45, 7) is 0. The van der Waals surface area contributed by atoms with Crippen molar-refractivity contribution in [2.75, 3.05) is 12.4 Å². The van der Waals surface area contributed by atoms with Gasteiger partial charge in [-0.05, 0) is 42.8 Å². The van der Waals surface area contributed by atoms with Gasteiger partial charge in [-0.15, -0.1) is 0 Å². The second-order valence-corrected chi connectivity index (χ2v) is 5.46. The van der Waals surface area contributed by atoms with Crippen LogP contribution in [0.2, 0.25) is 0 Å². The van der Waals surface area contributed by atoms with Crippen molar-refractivity contribution in [3.63, 3.8) is 0 Å². The van der Waals surface area contributed by atoms with E-state index in [4.69, 9.17) is 0 Å². The predicted octanol–water partition coefficient (Wildman–Crippen LogP) is 3.18. The Morgan fingerprint density at radius 2 is 1.64 bits per heavy atom. The van der Waals surface area contributed by atoms with E-state index in [1.807, 2.05) is 0 Å². The third-order valence-corrected chi connectivity index (χ3v) is 3.65. The zero-order valence-electron chi connectivity index (χ0n) is 13.8. The minimum absolute atomic E-state index is 0.140. The number of nitrogens with one attached hydrogen (secondary N) is 2. The van der Waals surface area contributed by atoms with Gasteiger partial charge in [-0.25, -0.2) is 4.39 Å². The van der Waals surface area contributed by atoms with E-state index in [0.717, 1.165) is 0 Å². The number of carbonyl (C=O) groups is 3. The molecule has 2 aromatic carbocycles. The first kappa shape index (κ1) is 18.3. The van der Waals surface area contributed by atoms with Crippen LogP contribution in [0.3, 0.4) is 0 Å². The monoisotopic (exact) mass is 342 g/mol. The largest absolute Gasteiger partial charge is 0.355 e. The van der Waals surface area contributed by atoms with Gasteiger partial charge in [0.2, 0.25) is 5.91 Å². The van der Waals surface area contributed by atoms with Crippen LogP contribution in [0.15, 0.2) is 48.5 Å². The molecule has 0 aliphatic carbocycles. The molecule has 0 radical (unpaired) electrons. The van der Waals surface area contributed by atoms with E-state index in [1.54, 1.807) is 24.3 Å². The van der Waals surface area contributed by atoms with Crippen molar-refractivity contribution in [2.24, 2.45) is 0 Å². The van der Waals surface area contributed by atoms with Crippen LogP contribution >= 0.6 is 0 Å². The van der Waals surface area contributed by atoms with Crippen LogP contribution < -0.4 is 10.6 Å². The lowest BCUT2D eigenvalue weighted by molar-refractivity contribution is -0.116. The fraction of sp³-hybridized carbons (Fsp3) is 0.211. The Labute approximate surface area is 145 Å². The Balaban J connectivity index is 1.86. The molecular formula is C19H19FN2O3. The van der Waals surface area contributed by atoms with Gasteiger partial charge in [-0.2, -0.15) is 0 Å². The summed E-state index contributed by atoms with van der Waals surface area (Å²) in [6.07, 6.45) is 0.704. The van der Waals surface area contributed by atoms with Crippen LogP contribution in [0.1, 0.15) is 40.0 Å². The van der Waals surface area contributed by atoms with Gasteiger partial charge >= 0.3 is 0 Å². The highest BCUT2D eigenvalue weighted by Crippen LogP contribution is 2.16. The van der Waals surface area contributed by atoms with Gasteiger partial charge in [-0.3, -0.25) is 14.4 Å². The lowest BCUT2D eigenvalue weighted by atomic mass is 10.1. The Bertz CT molecular complexity index is 772. The molecule has 0 bridgehead atoms. The van der Waals surface area contributed by atoms with Crippen molar-refractivity contribution >= 4 is 23.3 Å². The lowest BCUT2D eigenvalue weighted by Crippen LogP contribution is -2.21. The van der Waals surface area contributed by atoms with E-state index in [9.17, 15) is 18.8 Å². The van der Waals surface area contributed by atoms with E-state index in [1.165, 1.54) is 31.3 Å². The van der Waals surface area contributed by atoms with E-state index in [-0.39, 0.29) is 30.4 Å². The van der Waals surface area contributed by atoms with Crippen molar-refractivity contribution in [1.29, 1.82) is 0 Å². The molecule has 0 unspecified atom stereocenters. The van der Waals surface area contributed by atoms with Gasteiger partial charge in [0, 0.05) is 25.5 Å². The van der Waals surface area contributed by atoms with Gasteiger partial charge in [0.25, 0.3) is 5.91 Å². The third kappa shape index (κ3) is 5.24. The number of para-hydroxylation sites is 1. The molecule has 130 valence electrons. The van der Waals surface area contributed by atoms with Gasteiger partial charge in [0.15, 0.2) is 5.78 Å². The molecule has 0 aliphatic heterocycles. The normalized spacial score (nSPS) is 10.2. The van der Waals surface area contributed by atoms with Crippen molar-refractivity contribution < 1.29 is 18.8 Å². The number of ketones is 1. The summed E-state index contributed by atoms with van der Waals surface area (Å²) in [7, 11) is 1.52. The van der Waals surface area contributed by atoms with E-state index in [0.29, 0.717) is 23.2 Å². The predicted molar refractivity (Wildman–Crippen MR) is 93.0 cm³/mol. The van der Waals surface area contributed by atoms with Crippen molar-refractivity contribution in [2.45, 2.75) is 19.3 Å². The molecule has 2 rings (SSSR count). The zero-order valence-corrected chi connectivity index (χ0v) is 13.8. The summed E-state index contributed by atoms with van der Waals surface area (Å²) in [6, 6.07) is 12.0. The molecule has 0 atom stereocenters.